The average Bonchev–Trinajstić information content (AvgIpc) is 2.24. The van der Waals surface area contributed by atoms with Crippen LogP contribution in [0.4, 0.5) is 0 Å². The third-order valence-corrected chi connectivity index (χ3v) is 1.69. The highest BCUT2D eigenvalue weighted by atomic mass is 16.4. The normalized spacial score (nSPS) is 9.94. The number of rotatable bonds is 7. The Kier molecular flexibility index (Phi) is 11.5. The topological polar surface area (TPSA) is 112 Å². The lowest BCUT2D eigenvalue weighted by Crippen LogP contribution is -2.03. The van der Waals surface area contributed by atoms with Gasteiger partial charge >= 0.3 is 17.9 Å². The van der Waals surface area contributed by atoms with E-state index in [9.17, 15) is 14.4 Å². The van der Waals surface area contributed by atoms with E-state index in [1.54, 1.807) is 0 Å². The highest BCUT2D eigenvalue weighted by Gasteiger charge is 2.07. The molecule has 0 unspecified atom stereocenters. The molecule has 0 bridgehead atoms. The zero-order valence-electron chi connectivity index (χ0n) is 10.3. The van der Waals surface area contributed by atoms with Crippen LogP contribution in [0.5, 0.6) is 0 Å². The Morgan fingerprint density at radius 2 is 1.72 bits per heavy atom. The summed E-state index contributed by atoms with van der Waals surface area (Å²) in [6, 6.07) is 0. The quantitative estimate of drug-likeness (QED) is 0.475. The Labute approximate surface area is 105 Å². The molecule has 6 nitrogen and oxygen atoms in total. The molecule has 0 aliphatic heterocycles. The van der Waals surface area contributed by atoms with Crippen LogP contribution in [0, 0.1) is 0 Å². The Morgan fingerprint density at radius 3 is 1.94 bits per heavy atom. The molecule has 0 saturated carbocycles. The molecule has 102 valence electrons. The van der Waals surface area contributed by atoms with E-state index in [2.05, 4.69) is 6.58 Å². The number of carboxylic acid groups (broad SMARTS) is 3. The number of hydrogen-bond acceptors (Lipinski definition) is 3. The number of aliphatic carboxylic acids is 3. The van der Waals surface area contributed by atoms with Crippen molar-refractivity contribution in [2.24, 2.45) is 0 Å². The monoisotopic (exact) mass is 258 g/mol. The fraction of sp³-hybridized carbons (Fsp3) is 0.417. The summed E-state index contributed by atoms with van der Waals surface area (Å²) in [5.41, 5.74) is -0.0376. The molecule has 0 heterocycles. The van der Waals surface area contributed by atoms with Crippen molar-refractivity contribution < 1.29 is 29.7 Å². The average molecular weight is 258 g/mol. The third-order valence-electron chi connectivity index (χ3n) is 1.69. The fourth-order valence-corrected chi connectivity index (χ4v) is 0.881. The van der Waals surface area contributed by atoms with Gasteiger partial charge in [0.1, 0.15) is 0 Å². The molecule has 0 aliphatic carbocycles. The minimum absolute atomic E-state index is 0.0376. The number of unbranched alkanes of at least 4 members (excludes halogenated alkanes) is 1. The van der Waals surface area contributed by atoms with Gasteiger partial charge < -0.3 is 15.3 Å². The predicted octanol–water partition coefficient (Wildman–Crippen LogP) is 1.92. The molecular formula is C12H18O6. The standard InChI is InChI=1S/C8H12O4.C4H6O2/c1-2-3-4-6(8(11)12)5-7(9)10;1-2-3-4(5)6/h5H,2-4H2,1H3,(H,9,10)(H,11,12);2H,1,3H2,(H,5,6)/b6-5-;. The van der Waals surface area contributed by atoms with Crippen molar-refractivity contribution in [1.82, 2.24) is 0 Å². The van der Waals surface area contributed by atoms with Crippen LogP contribution < -0.4 is 0 Å². The van der Waals surface area contributed by atoms with Crippen LogP contribution in [0.3, 0.4) is 0 Å². The Bertz CT molecular complexity index is 329. The van der Waals surface area contributed by atoms with E-state index >= 15 is 0 Å². The summed E-state index contributed by atoms with van der Waals surface area (Å²) in [6.45, 7) is 5.14. The first-order valence-corrected chi connectivity index (χ1v) is 5.34. The largest absolute Gasteiger partial charge is 0.481 e. The van der Waals surface area contributed by atoms with E-state index in [1.807, 2.05) is 6.92 Å². The van der Waals surface area contributed by atoms with E-state index in [0.717, 1.165) is 12.5 Å². The molecule has 0 aromatic carbocycles. The van der Waals surface area contributed by atoms with Crippen molar-refractivity contribution in [1.29, 1.82) is 0 Å². The first-order valence-electron chi connectivity index (χ1n) is 5.34. The molecule has 0 aromatic rings. The van der Waals surface area contributed by atoms with Crippen LogP contribution in [-0.4, -0.2) is 33.2 Å². The van der Waals surface area contributed by atoms with Gasteiger partial charge in [0.05, 0.1) is 6.42 Å². The van der Waals surface area contributed by atoms with Gasteiger partial charge in [-0.05, 0) is 12.8 Å². The van der Waals surface area contributed by atoms with Gasteiger partial charge in [0.25, 0.3) is 0 Å². The van der Waals surface area contributed by atoms with Crippen molar-refractivity contribution in [2.45, 2.75) is 32.6 Å². The summed E-state index contributed by atoms with van der Waals surface area (Å²) in [7, 11) is 0. The molecule has 0 saturated heterocycles. The molecule has 0 rings (SSSR count). The Morgan fingerprint density at radius 1 is 1.17 bits per heavy atom. The smallest absolute Gasteiger partial charge is 0.331 e. The molecule has 0 fully saturated rings. The van der Waals surface area contributed by atoms with Crippen molar-refractivity contribution in [2.75, 3.05) is 0 Å². The molecular weight excluding hydrogens is 240 g/mol. The highest BCUT2D eigenvalue weighted by Crippen LogP contribution is 2.06. The first-order chi connectivity index (χ1) is 8.34. The fourth-order valence-electron chi connectivity index (χ4n) is 0.881. The lowest BCUT2D eigenvalue weighted by Gasteiger charge is -1.97. The molecule has 3 N–H and O–H groups in total. The molecule has 0 atom stereocenters. The van der Waals surface area contributed by atoms with E-state index in [-0.39, 0.29) is 12.0 Å². The highest BCUT2D eigenvalue weighted by molar-refractivity contribution is 5.94. The molecule has 0 aliphatic rings. The van der Waals surface area contributed by atoms with E-state index in [1.165, 1.54) is 6.08 Å². The lowest BCUT2D eigenvalue weighted by molar-refractivity contribution is -0.136. The van der Waals surface area contributed by atoms with E-state index in [4.69, 9.17) is 15.3 Å². The zero-order chi connectivity index (χ0) is 14.6. The summed E-state index contributed by atoms with van der Waals surface area (Å²) in [5.74, 6) is -3.18. The van der Waals surface area contributed by atoms with Gasteiger partial charge in [-0.25, -0.2) is 9.59 Å². The van der Waals surface area contributed by atoms with Crippen LogP contribution >= 0.6 is 0 Å². The van der Waals surface area contributed by atoms with Crippen molar-refractivity contribution in [3.63, 3.8) is 0 Å². The van der Waals surface area contributed by atoms with Crippen LogP contribution in [-0.2, 0) is 14.4 Å². The Balaban J connectivity index is 0. The van der Waals surface area contributed by atoms with Gasteiger partial charge in [0.2, 0.25) is 0 Å². The first kappa shape index (κ1) is 18.3. The molecule has 6 heteroatoms. The molecule has 18 heavy (non-hydrogen) atoms. The van der Waals surface area contributed by atoms with Crippen LogP contribution in [0.1, 0.15) is 32.6 Å². The lowest BCUT2D eigenvalue weighted by atomic mass is 10.1. The second kappa shape index (κ2) is 11.4. The maximum atomic E-state index is 10.4. The van der Waals surface area contributed by atoms with Gasteiger partial charge in [-0.3, -0.25) is 4.79 Å². The number of hydrogen-bond donors (Lipinski definition) is 3. The van der Waals surface area contributed by atoms with Crippen molar-refractivity contribution in [3.05, 3.63) is 24.3 Å². The number of carboxylic acids is 3. The summed E-state index contributed by atoms with van der Waals surface area (Å²) in [6.07, 6.45) is 4.02. The minimum atomic E-state index is -1.21. The van der Waals surface area contributed by atoms with Crippen molar-refractivity contribution >= 4 is 17.9 Å². The third kappa shape index (κ3) is 13.9. The number of carbonyl (C=O) groups is 3. The van der Waals surface area contributed by atoms with E-state index < -0.39 is 17.9 Å². The van der Waals surface area contributed by atoms with Crippen LogP contribution in [0.25, 0.3) is 0 Å². The summed E-state index contributed by atoms with van der Waals surface area (Å²) in [5, 5.41) is 24.7. The zero-order valence-corrected chi connectivity index (χ0v) is 10.3. The van der Waals surface area contributed by atoms with Gasteiger partial charge in [-0.1, -0.05) is 19.4 Å². The maximum absolute atomic E-state index is 10.4. The van der Waals surface area contributed by atoms with Gasteiger partial charge in [-0.2, -0.15) is 0 Å². The summed E-state index contributed by atoms with van der Waals surface area (Å²) >= 11 is 0. The minimum Gasteiger partial charge on any atom is -0.481 e. The predicted molar refractivity (Wildman–Crippen MR) is 65.3 cm³/mol. The summed E-state index contributed by atoms with van der Waals surface area (Å²) < 4.78 is 0. The van der Waals surface area contributed by atoms with E-state index in [0.29, 0.717) is 12.8 Å². The molecule has 0 amide bonds. The molecule has 0 spiro atoms. The molecule has 0 radical (unpaired) electrons. The van der Waals surface area contributed by atoms with Crippen LogP contribution in [0.15, 0.2) is 24.3 Å². The Hall–Kier alpha value is -2.11. The van der Waals surface area contributed by atoms with Gasteiger partial charge in [0, 0.05) is 11.6 Å². The maximum Gasteiger partial charge on any atom is 0.331 e. The second-order valence-corrected chi connectivity index (χ2v) is 3.30. The van der Waals surface area contributed by atoms with Gasteiger partial charge in [0.15, 0.2) is 0 Å². The molecule has 0 aromatic heterocycles. The second-order valence-electron chi connectivity index (χ2n) is 3.30. The van der Waals surface area contributed by atoms with Crippen molar-refractivity contribution in [3.8, 4) is 0 Å². The van der Waals surface area contributed by atoms with Crippen LogP contribution in [0.2, 0.25) is 0 Å². The summed E-state index contributed by atoms with van der Waals surface area (Å²) in [4.78, 5) is 30.1. The van der Waals surface area contributed by atoms with Gasteiger partial charge in [-0.15, -0.1) is 6.58 Å². The SMILES string of the molecule is C=CCC(=O)O.CCCC/C(=C/C(=O)O)C(=O)O.